The van der Waals surface area contributed by atoms with Gasteiger partial charge in [0.1, 0.15) is 0 Å². The van der Waals surface area contributed by atoms with Gasteiger partial charge in [0.25, 0.3) is 11.4 Å². The summed E-state index contributed by atoms with van der Waals surface area (Å²) < 4.78 is 1.68. The average Bonchev–Trinajstić information content (AvgIpc) is 2.75. The molecule has 30 heavy (non-hydrogen) atoms. The molecule has 1 aromatic heterocycles. The molecule has 3 rings (SSSR count). The summed E-state index contributed by atoms with van der Waals surface area (Å²) in [5.74, 6) is -0.156. The van der Waals surface area contributed by atoms with Gasteiger partial charge in [0.2, 0.25) is 0 Å². The highest BCUT2D eigenvalue weighted by Crippen LogP contribution is 2.25. The van der Waals surface area contributed by atoms with E-state index in [-0.39, 0.29) is 16.4 Å². The number of benzene rings is 2. The van der Waals surface area contributed by atoms with E-state index in [0.717, 1.165) is 12.1 Å². The van der Waals surface area contributed by atoms with Crippen molar-refractivity contribution in [1.82, 2.24) is 0 Å². The molecule has 0 fully saturated rings. The lowest BCUT2D eigenvalue weighted by Crippen LogP contribution is -2.38. The highest BCUT2D eigenvalue weighted by atomic mass is 32.1. The second-order valence-electron chi connectivity index (χ2n) is 6.74. The fraction of sp³-hybridized carbons (Fsp3) is 0.130. The van der Waals surface area contributed by atoms with Crippen LogP contribution in [-0.4, -0.2) is 15.0 Å². The number of nitro benzene ring substituents is 1. The molecule has 0 aliphatic carbocycles. The van der Waals surface area contributed by atoms with Gasteiger partial charge in [0, 0.05) is 35.0 Å². The number of aliphatic hydroxyl groups is 1. The Kier molecular flexibility index (Phi) is 6.54. The van der Waals surface area contributed by atoms with Gasteiger partial charge in [0.15, 0.2) is 23.1 Å². The van der Waals surface area contributed by atoms with Crippen LogP contribution in [-0.2, 0) is 6.42 Å². The molecule has 0 bridgehead atoms. The molecule has 6 nitrogen and oxygen atoms in total. The van der Waals surface area contributed by atoms with Crippen molar-refractivity contribution in [3.8, 4) is 0 Å². The Balaban J connectivity index is 2.07. The van der Waals surface area contributed by atoms with Crippen molar-refractivity contribution in [2.45, 2.75) is 20.3 Å². The first-order valence-electron chi connectivity index (χ1n) is 9.46. The largest absolute Gasteiger partial charge is 0.502 e. The molecule has 0 saturated carbocycles. The molecule has 0 aliphatic rings. The molecule has 0 aliphatic heterocycles. The number of hydrogen-bond acceptors (Lipinski definition) is 4. The maximum Gasteiger partial charge on any atom is 0.288 e. The van der Waals surface area contributed by atoms with Crippen molar-refractivity contribution in [1.29, 1.82) is 0 Å². The van der Waals surface area contributed by atoms with Gasteiger partial charge >= 0.3 is 0 Å². The van der Waals surface area contributed by atoms with Crippen molar-refractivity contribution < 1.29 is 14.6 Å². The summed E-state index contributed by atoms with van der Waals surface area (Å²) in [7, 11) is 0. The van der Waals surface area contributed by atoms with E-state index in [2.05, 4.69) is 12.2 Å². The van der Waals surface area contributed by atoms with Crippen molar-refractivity contribution >= 4 is 40.0 Å². The van der Waals surface area contributed by atoms with E-state index >= 15 is 0 Å². The quantitative estimate of drug-likeness (QED) is 0.145. The minimum Gasteiger partial charge on any atom is -0.502 e. The third kappa shape index (κ3) is 4.69. The highest BCUT2D eigenvalue weighted by Gasteiger charge is 2.25. The van der Waals surface area contributed by atoms with Gasteiger partial charge in [-0.3, -0.25) is 10.1 Å². The average molecular weight is 421 g/mol. The monoisotopic (exact) mass is 420 g/mol. The van der Waals surface area contributed by atoms with Crippen molar-refractivity contribution in [3.05, 3.63) is 99.9 Å². The molecule has 0 atom stereocenters. The van der Waals surface area contributed by atoms with Gasteiger partial charge in [-0.2, -0.15) is 4.57 Å². The van der Waals surface area contributed by atoms with Crippen LogP contribution in [0.4, 0.5) is 11.4 Å². The molecular weight excluding hydrogens is 398 g/mol. The van der Waals surface area contributed by atoms with Crippen LogP contribution in [0.25, 0.3) is 11.5 Å². The topological polar surface area (TPSA) is 79.3 Å². The third-order valence-electron chi connectivity index (χ3n) is 4.71. The number of aryl methyl sites for hydroxylation is 2. The number of nitro groups is 1. The molecule has 152 valence electrons. The van der Waals surface area contributed by atoms with Gasteiger partial charge in [-0.25, -0.2) is 0 Å². The molecule has 0 saturated heterocycles. The van der Waals surface area contributed by atoms with E-state index < -0.39 is 4.92 Å². The van der Waals surface area contributed by atoms with Crippen LogP contribution in [0.3, 0.4) is 0 Å². The molecule has 7 heteroatoms. The summed E-state index contributed by atoms with van der Waals surface area (Å²) >= 11 is 5.60. The van der Waals surface area contributed by atoms with Crippen LogP contribution in [0.5, 0.6) is 0 Å². The molecular formula is C23H22N3O3S+. The summed E-state index contributed by atoms with van der Waals surface area (Å²) in [4.78, 5) is 11.2. The minimum absolute atomic E-state index is 0.0644. The Morgan fingerprint density at radius 3 is 2.40 bits per heavy atom. The van der Waals surface area contributed by atoms with E-state index in [1.165, 1.54) is 11.6 Å². The Hall–Kier alpha value is -3.58. The predicted molar refractivity (Wildman–Crippen MR) is 122 cm³/mol. The van der Waals surface area contributed by atoms with E-state index in [4.69, 9.17) is 12.2 Å². The number of thiocarbonyl (C=S) groups is 1. The Labute approximate surface area is 180 Å². The van der Waals surface area contributed by atoms with E-state index in [0.29, 0.717) is 16.8 Å². The Morgan fingerprint density at radius 2 is 1.80 bits per heavy atom. The highest BCUT2D eigenvalue weighted by molar-refractivity contribution is 7.81. The van der Waals surface area contributed by atoms with Crippen LogP contribution < -0.4 is 9.88 Å². The van der Waals surface area contributed by atoms with Crippen molar-refractivity contribution in [2.75, 3.05) is 5.32 Å². The number of aromatic nitrogens is 1. The van der Waals surface area contributed by atoms with Gasteiger partial charge in [0.05, 0.1) is 4.92 Å². The van der Waals surface area contributed by atoms with Gasteiger partial charge < -0.3 is 10.4 Å². The fourth-order valence-corrected chi connectivity index (χ4v) is 3.32. The number of hydrogen-bond donors (Lipinski definition) is 2. The lowest BCUT2D eigenvalue weighted by atomic mass is 10.1. The van der Waals surface area contributed by atoms with Gasteiger partial charge in [-0.05, 0) is 31.0 Å². The van der Waals surface area contributed by atoms with Crippen LogP contribution in [0, 0.1) is 17.0 Å². The van der Waals surface area contributed by atoms with Crippen LogP contribution in [0.2, 0.25) is 0 Å². The molecule has 0 amide bonds. The molecule has 1 heterocycles. The SMILES string of the molecule is CCc1ccc(NC(=S)C(=C(O)c2ccc(C)c([N+](=O)[O-])c2)[n+]2ccccc2)cc1. The maximum atomic E-state index is 11.3. The van der Waals surface area contributed by atoms with Crippen molar-refractivity contribution in [3.63, 3.8) is 0 Å². The second kappa shape index (κ2) is 9.28. The lowest BCUT2D eigenvalue weighted by molar-refractivity contribution is -0.575. The standard InChI is InChI=1S/C23H21N3O3S/c1-3-17-8-11-19(12-9-17)24-23(30)21(25-13-5-4-6-14-25)22(27)18-10-7-16(2)20(15-18)26(28)29/h4-15H,3H2,1-2H3,(H-,24,27,30)/p+1. The summed E-state index contributed by atoms with van der Waals surface area (Å²) in [5, 5.41) is 25.5. The summed E-state index contributed by atoms with van der Waals surface area (Å²) in [6.45, 7) is 3.74. The molecule has 0 unspecified atom stereocenters. The summed E-state index contributed by atoms with van der Waals surface area (Å²) in [5.41, 5.74) is 3.07. The predicted octanol–water partition coefficient (Wildman–Crippen LogP) is 5.08. The molecule has 0 radical (unpaired) electrons. The Morgan fingerprint density at radius 1 is 1.13 bits per heavy atom. The number of nitrogens with one attached hydrogen (secondary N) is 1. The van der Waals surface area contributed by atoms with Gasteiger partial charge in [-0.15, -0.1) is 0 Å². The number of nitrogens with zero attached hydrogens (tertiary/aromatic N) is 2. The first-order valence-corrected chi connectivity index (χ1v) is 9.87. The first-order chi connectivity index (χ1) is 14.4. The summed E-state index contributed by atoms with van der Waals surface area (Å²) in [6.07, 6.45) is 4.44. The molecule has 2 aromatic carbocycles. The number of anilines is 1. The normalized spacial score (nSPS) is 11.5. The van der Waals surface area contributed by atoms with E-state index in [1.54, 1.807) is 36.0 Å². The number of rotatable bonds is 6. The zero-order valence-corrected chi connectivity index (χ0v) is 17.5. The third-order valence-corrected chi connectivity index (χ3v) is 5.01. The van der Waals surface area contributed by atoms with Gasteiger partial charge in [-0.1, -0.05) is 49.5 Å². The smallest absolute Gasteiger partial charge is 0.288 e. The van der Waals surface area contributed by atoms with E-state index in [1.807, 2.05) is 42.5 Å². The number of aliphatic hydroxyl groups excluding tert-OH is 1. The van der Waals surface area contributed by atoms with Crippen molar-refractivity contribution in [2.24, 2.45) is 0 Å². The lowest BCUT2D eigenvalue weighted by Gasteiger charge is -2.11. The fourth-order valence-electron chi connectivity index (χ4n) is 3.00. The minimum atomic E-state index is -0.465. The second-order valence-corrected chi connectivity index (χ2v) is 7.15. The van der Waals surface area contributed by atoms with E-state index in [9.17, 15) is 15.2 Å². The first kappa shape index (κ1) is 21.1. The summed E-state index contributed by atoms with van der Waals surface area (Å²) in [6, 6.07) is 17.9. The van der Waals surface area contributed by atoms with Crippen LogP contribution >= 0.6 is 12.2 Å². The molecule has 3 aromatic rings. The van der Waals surface area contributed by atoms with Crippen LogP contribution in [0.15, 0.2) is 73.1 Å². The Bertz CT molecular complexity index is 1110. The maximum absolute atomic E-state index is 11.3. The molecule has 2 N–H and O–H groups in total. The zero-order valence-electron chi connectivity index (χ0n) is 16.7. The zero-order chi connectivity index (χ0) is 21.7. The van der Waals surface area contributed by atoms with Crippen LogP contribution in [0.1, 0.15) is 23.6 Å². The molecule has 0 spiro atoms. The number of pyridine rings is 1.